The number of ether oxygens (including phenoxy) is 1. The largest absolute Gasteiger partial charge is 0.505 e. The van der Waals surface area contributed by atoms with Crippen molar-refractivity contribution in [2.45, 2.75) is 6.04 Å². The number of aromatic hydroxyl groups is 1. The van der Waals surface area contributed by atoms with Crippen LogP contribution < -0.4 is 10.6 Å². The van der Waals surface area contributed by atoms with E-state index in [9.17, 15) is 24.5 Å². The van der Waals surface area contributed by atoms with Crippen molar-refractivity contribution in [3.05, 3.63) is 47.0 Å². The number of benzene rings is 1. The SMILES string of the molecule is O=C(O)c1cc(NCCO)c2c(n1)C(c1cccc(F)c1O)N=C(N1CCOCC1)N2. The minimum Gasteiger partial charge on any atom is -0.505 e. The number of aliphatic imine (C=N–C) groups is 1. The highest BCUT2D eigenvalue weighted by Gasteiger charge is 2.33. The number of fused-ring (bicyclic) bond motifs is 1. The van der Waals surface area contributed by atoms with Gasteiger partial charge >= 0.3 is 5.97 Å². The topological polar surface area (TPSA) is 140 Å². The summed E-state index contributed by atoms with van der Waals surface area (Å²) in [7, 11) is 0. The third kappa shape index (κ3) is 4.09. The molecule has 1 saturated heterocycles. The first-order chi connectivity index (χ1) is 15.0. The van der Waals surface area contributed by atoms with Crippen LogP contribution in [0.5, 0.6) is 5.75 Å². The molecule has 2 aliphatic rings. The summed E-state index contributed by atoms with van der Waals surface area (Å²) in [5.41, 5.74) is 0.989. The van der Waals surface area contributed by atoms with Gasteiger partial charge in [-0.05, 0) is 12.1 Å². The Labute approximate surface area is 177 Å². The van der Waals surface area contributed by atoms with Gasteiger partial charge < -0.3 is 35.6 Å². The van der Waals surface area contributed by atoms with E-state index in [4.69, 9.17) is 4.74 Å². The first-order valence-electron chi connectivity index (χ1n) is 9.77. The molecule has 10 nitrogen and oxygen atoms in total. The number of aromatic carboxylic acids is 1. The van der Waals surface area contributed by atoms with Gasteiger partial charge in [-0.1, -0.05) is 12.1 Å². The molecule has 0 spiro atoms. The van der Waals surface area contributed by atoms with Crippen molar-refractivity contribution >= 4 is 23.3 Å². The molecule has 5 N–H and O–H groups in total. The summed E-state index contributed by atoms with van der Waals surface area (Å²) >= 11 is 0. The third-order valence-electron chi connectivity index (χ3n) is 5.06. The molecule has 1 aromatic heterocycles. The van der Waals surface area contributed by atoms with Gasteiger partial charge in [0.15, 0.2) is 23.2 Å². The molecule has 1 atom stereocenters. The maximum absolute atomic E-state index is 14.1. The third-order valence-corrected chi connectivity index (χ3v) is 5.06. The van der Waals surface area contributed by atoms with Gasteiger partial charge in [0.1, 0.15) is 6.04 Å². The van der Waals surface area contributed by atoms with E-state index >= 15 is 0 Å². The van der Waals surface area contributed by atoms with E-state index in [-0.39, 0.29) is 30.1 Å². The summed E-state index contributed by atoms with van der Waals surface area (Å²) in [6, 6.07) is 4.51. The van der Waals surface area contributed by atoms with Gasteiger partial charge in [-0.25, -0.2) is 19.2 Å². The van der Waals surface area contributed by atoms with Crippen LogP contribution in [0.15, 0.2) is 29.3 Å². The fourth-order valence-electron chi connectivity index (χ4n) is 3.57. The molecule has 0 bridgehead atoms. The van der Waals surface area contributed by atoms with Crippen molar-refractivity contribution in [3.8, 4) is 5.75 Å². The Balaban J connectivity index is 1.89. The van der Waals surface area contributed by atoms with Crippen molar-refractivity contribution in [2.75, 3.05) is 50.1 Å². The quantitative estimate of drug-likeness (QED) is 0.473. The van der Waals surface area contributed by atoms with Crippen LogP contribution in [0.2, 0.25) is 0 Å². The lowest BCUT2D eigenvalue weighted by Gasteiger charge is -2.35. The number of aliphatic hydroxyl groups is 1. The van der Waals surface area contributed by atoms with E-state index < -0.39 is 23.6 Å². The second kappa shape index (κ2) is 8.74. The van der Waals surface area contributed by atoms with Crippen molar-refractivity contribution in [1.29, 1.82) is 0 Å². The van der Waals surface area contributed by atoms with Gasteiger partial charge in [0.25, 0.3) is 0 Å². The minimum absolute atomic E-state index is 0.164. The number of pyridine rings is 1. The summed E-state index contributed by atoms with van der Waals surface area (Å²) < 4.78 is 19.5. The fourth-order valence-corrected chi connectivity index (χ4v) is 3.57. The zero-order valence-electron chi connectivity index (χ0n) is 16.5. The first-order valence-corrected chi connectivity index (χ1v) is 9.77. The van der Waals surface area contributed by atoms with Crippen LogP contribution in [0.3, 0.4) is 0 Å². The van der Waals surface area contributed by atoms with Gasteiger partial charge in [0.2, 0.25) is 0 Å². The number of rotatable bonds is 5. The molecule has 1 aromatic carbocycles. The lowest BCUT2D eigenvalue weighted by molar-refractivity contribution is 0.0676. The number of halogens is 1. The smallest absolute Gasteiger partial charge is 0.354 e. The number of morpholine rings is 1. The first kappa shape index (κ1) is 20.8. The molecule has 11 heteroatoms. The number of hydrogen-bond acceptors (Lipinski definition) is 9. The molecule has 0 radical (unpaired) electrons. The highest BCUT2D eigenvalue weighted by atomic mass is 19.1. The summed E-state index contributed by atoms with van der Waals surface area (Å²) in [5.74, 6) is -2.16. The summed E-state index contributed by atoms with van der Waals surface area (Å²) in [4.78, 5) is 22.5. The van der Waals surface area contributed by atoms with E-state index in [1.54, 1.807) is 0 Å². The van der Waals surface area contributed by atoms with Crippen molar-refractivity contribution in [3.63, 3.8) is 0 Å². The van der Waals surface area contributed by atoms with E-state index in [2.05, 4.69) is 20.6 Å². The average molecular weight is 431 g/mol. The lowest BCUT2D eigenvalue weighted by Crippen LogP contribution is -2.45. The van der Waals surface area contributed by atoms with E-state index in [0.29, 0.717) is 43.6 Å². The summed E-state index contributed by atoms with van der Waals surface area (Å²) in [6.45, 7) is 2.17. The summed E-state index contributed by atoms with van der Waals surface area (Å²) in [6.07, 6.45) is 0. The number of carbonyl (C=O) groups is 1. The van der Waals surface area contributed by atoms with Crippen LogP contribution in [0.4, 0.5) is 15.8 Å². The van der Waals surface area contributed by atoms with Crippen LogP contribution in [0.1, 0.15) is 27.8 Å². The van der Waals surface area contributed by atoms with E-state index in [0.717, 1.165) is 6.07 Å². The van der Waals surface area contributed by atoms with Gasteiger partial charge in [-0.15, -0.1) is 0 Å². The maximum atomic E-state index is 14.1. The number of nitrogens with zero attached hydrogens (tertiary/aromatic N) is 3. The highest BCUT2D eigenvalue weighted by molar-refractivity contribution is 6.01. The van der Waals surface area contributed by atoms with E-state index in [1.807, 2.05) is 4.90 Å². The number of para-hydroxylation sites is 1. The molecule has 0 amide bonds. The molecule has 2 aliphatic heterocycles. The van der Waals surface area contributed by atoms with Crippen LogP contribution in [0, 0.1) is 5.82 Å². The van der Waals surface area contributed by atoms with Crippen LogP contribution in [-0.4, -0.2) is 76.6 Å². The Morgan fingerprint density at radius 3 is 2.84 bits per heavy atom. The molecule has 31 heavy (non-hydrogen) atoms. The van der Waals surface area contributed by atoms with E-state index in [1.165, 1.54) is 18.2 Å². The number of nitrogens with one attached hydrogen (secondary N) is 2. The Morgan fingerprint density at radius 1 is 1.35 bits per heavy atom. The van der Waals surface area contributed by atoms with Crippen LogP contribution in [0.25, 0.3) is 0 Å². The predicted molar refractivity (Wildman–Crippen MR) is 110 cm³/mol. The molecular weight excluding hydrogens is 409 g/mol. The monoisotopic (exact) mass is 431 g/mol. The number of guanidine groups is 1. The molecule has 3 heterocycles. The number of aliphatic hydroxyl groups excluding tert-OH is 1. The van der Waals surface area contributed by atoms with Gasteiger partial charge in [0.05, 0.1) is 36.9 Å². The van der Waals surface area contributed by atoms with Gasteiger partial charge in [-0.2, -0.15) is 0 Å². The molecule has 164 valence electrons. The Morgan fingerprint density at radius 2 is 2.13 bits per heavy atom. The Bertz CT molecular complexity index is 1030. The van der Waals surface area contributed by atoms with Crippen molar-refractivity contribution < 1.29 is 29.2 Å². The lowest BCUT2D eigenvalue weighted by atomic mass is 9.98. The second-order valence-corrected chi connectivity index (χ2v) is 7.03. The van der Waals surface area contributed by atoms with Crippen LogP contribution in [-0.2, 0) is 4.74 Å². The number of carboxylic acids is 1. The Kier molecular flexibility index (Phi) is 5.87. The van der Waals surface area contributed by atoms with Crippen LogP contribution >= 0.6 is 0 Å². The molecule has 4 rings (SSSR count). The number of hydrogen-bond donors (Lipinski definition) is 5. The summed E-state index contributed by atoms with van der Waals surface area (Å²) in [5, 5.41) is 35.3. The highest BCUT2D eigenvalue weighted by Crippen LogP contribution is 2.42. The van der Waals surface area contributed by atoms with Crippen molar-refractivity contribution in [1.82, 2.24) is 9.88 Å². The van der Waals surface area contributed by atoms with Crippen molar-refractivity contribution in [2.24, 2.45) is 4.99 Å². The number of anilines is 2. The average Bonchev–Trinajstić information content (AvgIpc) is 2.79. The van der Waals surface area contributed by atoms with Gasteiger partial charge in [-0.3, -0.25) is 0 Å². The zero-order valence-corrected chi connectivity index (χ0v) is 16.5. The molecule has 0 aliphatic carbocycles. The second-order valence-electron chi connectivity index (χ2n) is 7.03. The number of phenols is 1. The molecule has 1 unspecified atom stereocenters. The number of carboxylic acid groups (broad SMARTS) is 1. The minimum atomic E-state index is -1.25. The standard InChI is InChI=1S/C20H22FN5O5/c21-12-3-1-2-11(18(12)28)15-17-16(25-20(24-15)26-5-8-31-9-6-26)13(22-4-7-27)10-14(23-17)19(29)30/h1-3,10,15,27-28H,4-9H2,(H,22,23)(H,24,25)(H,29,30). The normalized spacial score (nSPS) is 18.1. The number of phenolic OH excluding ortho intramolecular Hbond substituents is 1. The number of aromatic nitrogens is 1. The fraction of sp³-hybridized carbons (Fsp3) is 0.350. The molecule has 2 aromatic rings. The van der Waals surface area contributed by atoms with Gasteiger partial charge in [0, 0.05) is 25.2 Å². The predicted octanol–water partition coefficient (Wildman–Crippen LogP) is 1.23. The molecule has 0 saturated carbocycles. The maximum Gasteiger partial charge on any atom is 0.354 e. The molecular formula is C20H22FN5O5. The molecule has 1 fully saturated rings. The Hall–Kier alpha value is -3.44. The zero-order chi connectivity index (χ0) is 22.0.